The quantitative estimate of drug-likeness (QED) is 0.0303. The lowest BCUT2D eigenvalue weighted by Gasteiger charge is -2.23. The van der Waals surface area contributed by atoms with Crippen LogP contribution in [-0.2, 0) is 19.6 Å². The second-order valence-electron chi connectivity index (χ2n) is 26.3. The van der Waals surface area contributed by atoms with E-state index in [1.807, 2.05) is 0 Å². The van der Waals surface area contributed by atoms with Crippen LogP contribution in [0, 0.1) is 0 Å². The van der Waals surface area contributed by atoms with Gasteiger partial charge in [-0.1, -0.05) is 328 Å². The first kappa shape index (κ1) is 93.5. The predicted molar refractivity (Wildman–Crippen MR) is 366 cm³/mol. The zero-order valence-electron chi connectivity index (χ0n) is 58.6. The Morgan fingerprint density at radius 1 is 0.198 bits per heavy atom. The van der Waals surface area contributed by atoms with E-state index in [1.54, 1.807) is 0 Å². The van der Waals surface area contributed by atoms with E-state index in [9.17, 15) is 0 Å². The van der Waals surface area contributed by atoms with Crippen molar-refractivity contribution in [3.05, 3.63) is 91.8 Å². The van der Waals surface area contributed by atoms with Crippen LogP contribution in [0.3, 0.4) is 0 Å². The Kier molecular flexibility index (Phi) is 86.8. The molecule has 0 spiro atoms. The van der Waals surface area contributed by atoms with Gasteiger partial charge in [0.25, 0.3) is 0 Å². The second kappa shape index (κ2) is 79.9. The van der Waals surface area contributed by atoms with Gasteiger partial charge in [0.2, 0.25) is 0 Å². The lowest BCUT2D eigenvalue weighted by Crippen LogP contribution is -3.00. The van der Waals surface area contributed by atoms with E-state index in [0.29, 0.717) is 0 Å². The fourth-order valence-corrected chi connectivity index (χ4v) is 11.3. The number of nitrogens with zero attached hydrogens (tertiary/aromatic N) is 4. The van der Waals surface area contributed by atoms with Gasteiger partial charge in [-0.25, -0.2) is 13.7 Å². The van der Waals surface area contributed by atoms with Gasteiger partial charge in [0.15, 0.2) is 37.2 Å². The number of aryl methyl sites for hydroxylation is 3. The Morgan fingerprint density at radius 2 is 0.337 bits per heavy atom. The first-order valence-electron chi connectivity index (χ1n) is 37.0. The average molecular weight is 1330 g/mol. The molecule has 0 aliphatic heterocycles. The minimum Gasteiger partial charge on any atom is -1.00 e. The third-order valence-electron chi connectivity index (χ3n) is 16.8. The summed E-state index contributed by atoms with van der Waals surface area (Å²) in [5.41, 5.74) is 0. The predicted octanol–water partition coefficient (Wildman–Crippen LogP) is 12.0. The molecule has 3 aromatic rings. The van der Waals surface area contributed by atoms with Gasteiger partial charge >= 0.3 is 0 Å². The maximum atomic E-state index is 2.29. The molecule has 4 nitrogen and oxygen atoms in total. The third kappa shape index (κ3) is 78.9. The first-order chi connectivity index (χ1) is 40.4. The van der Waals surface area contributed by atoms with E-state index in [1.165, 1.54) is 360 Å². The Morgan fingerprint density at radius 3 is 0.488 bits per heavy atom. The molecule has 0 aromatic carbocycles. The summed E-state index contributed by atoms with van der Waals surface area (Å²) >= 11 is 0. The molecule has 3 rings (SSSR count). The zero-order chi connectivity index (χ0) is 59.4. The summed E-state index contributed by atoms with van der Waals surface area (Å²) in [6.07, 6.45) is 87.7. The number of halogens is 4. The zero-order valence-corrected chi connectivity index (χ0v) is 62.4. The summed E-state index contributed by atoms with van der Waals surface area (Å²) in [6, 6.07) is 18.9. The molecule has 8 heteroatoms. The van der Waals surface area contributed by atoms with Gasteiger partial charge in [0, 0.05) is 55.7 Å². The molecule has 0 aliphatic rings. The number of hydrogen-bond donors (Lipinski definition) is 0. The highest BCUT2D eigenvalue weighted by molar-refractivity contribution is 4.84. The molecule has 0 bridgehead atoms. The number of aromatic nitrogens is 3. The Hall–Kier alpha value is -1.24. The first-order valence-corrected chi connectivity index (χ1v) is 37.0. The molecule has 0 atom stereocenters. The fraction of sp³-hybridized carbons (Fsp3) is 0.808. The minimum atomic E-state index is 0. The van der Waals surface area contributed by atoms with Gasteiger partial charge in [0.05, 0.1) is 27.7 Å². The molecule has 0 unspecified atom stereocenters. The van der Waals surface area contributed by atoms with E-state index in [4.69, 9.17) is 0 Å². The largest absolute Gasteiger partial charge is 1.00 e. The smallest absolute Gasteiger partial charge is 0.168 e. The van der Waals surface area contributed by atoms with Crippen molar-refractivity contribution in [2.75, 3.05) is 27.7 Å². The topological polar surface area (TPSA) is 11.6 Å². The molecule has 508 valence electrons. The summed E-state index contributed by atoms with van der Waals surface area (Å²) < 4.78 is 7.99. The van der Waals surface area contributed by atoms with Gasteiger partial charge in [-0.15, -0.1) is 0 Å². The summed E-state index contributed by atoms with van der Waals surface area (Å²) in [7, 11) is 6.88. The van der Waals surface area contributed by atoms with Crippen LogP contribution < -0.4 is 67.9 Å². The number of quaternary nitrogens is 1. The monoisotopic (exact) mass is 1320 g/mol. The fourth-order valence-electron chi connectivity index (χ4n) is 11.3. The molecular formula is C78H148BrCl3N4. The van der Waals surface area contributed by atoms with E-state index >= 15 is 0 Å². The minimum absolute atomic E-state index is 0. The number of unbranched alkanes of at least 4 members (excludes halogenated alkanes) is 48. The molecule has 0 saturated heterocycles. The van der Waals surface area contributed by atoms with Crippen molar-refractivity contribution in [1.29, 1.82) is 0 Å². The lowest BCUT2D eigenvalue weighted by molar-refractivity contribution is -0.870. The molecule has 0 aliphatic carbocycles. The summed E-state index contributed by atoms with van der Waals surface area (Å²) in [5, 5.41) is 0. The Balaban J connectivity index is -0.000000335. The van der Waals surface area contributed by atoms with Crippen LogP contribution in [0.25, 0.3) is 0 Å². The van der Waals surface area contributed by atoms with E-state index in [-0.39, 0.29) is 54.2 Å². The highest BCUT2D eigenvalue weighted by Gasteiger charge is 2.06. The van der Waals surface area contributed by atoms with Crippen molar-refractivity contribution >= 4 is 0 Å². The van der Waals surface area contributed by atoms with Gasteiger partial charge in [-0.05, 0) is 32.1 Å². The van der Waals surface area contributed by atoms with Crippen molar-refractivity contribution in [2.45, 2.75) is 381 Å². The maximum absolute atomic E-state index is 2.29. The third-order valence-corrected chi connectivity index (χ3v) is 16.8. The molecule has 3 heterocycles. The summed E-state index contributed by atoms with van der Waals surface area (Å²) in [5.74, 6) is 0. The molecule has 0 radical (unpaired) electrons. The molecule has 0 amide bonds. The Bertz CT molecular complexity index is 1520. The molecule has 86 heavy (non-hydrogen) atoms. The van der Waals surface area contributed by atoms with Crippen molar-refractivity contribution in [1.82, 2.24) is 0 Å². The normalized spacial score (nSPS) is 10.6. The maximum Gasteiger partial charge on any atom is 0.168 e. The highest BCUT2D eigenvalue weighted by atomic mass is 79.9. The van der Waals surface area contributed by atoms with E-state index in [2.05, 4.69) is 154 Å². The average Bonchev–Trinajstić information content (AvgIpc) is 3.51. The molecule has 0 N–H and O–H groups in total. The van der Waals surface area contributed by atoms with Crippen molar-refractivity contribution < 1.29 is 72.4 Å². The van der Waals surface area contributed by atoms with Crippen LogP contribution in [0.4, 0.5) is 0 Å². The van der Waals surface area contributed by atoms with E-state index in [0.717, 1.165) is 4.48 Å². The van der Waals surface area contributed by atoms with Crippen LogP contribution in [-0.4, -0.2) is 32.2 Å². The SMILES string of the molecule is CCCCCCCCCCCCCCCC[N+](C)(C)C.CCCCCCCCCCCCCCCC[n+]1ccccc1.CCCCCCCCCCCCCCCC[n+]1ccccc1.CCCCCCCCCCCC[n+]1ccccc1.[Br-].[Cl-].[Cl-].[Cl-]. The van der Waals surface area contributed by atoms with Crippen molar-refractivity contribution in [2.24, 2.45) is 0 Å². The standard InChI is InChI=1S/2C21H38N.C19H42N.C17H30N.BrH.3ClH/c2*1-2-3-4-5-6-7-8-9-10-11-12-13-14-16-19-22-20-17-15-18-21-22;1-5-6-7-8-9-10-11-12-13-14-15-16-17-18-19-20(2,3)4;1-2-3-4-5-6-7-8-9-10-12-15-18-16-13-11-14-17-18;;;;/h2*15,17-18,20-21H,2-14,16,19H2,1H3;5-19H2,1-4H3;11,13-14,16-17H,2-10,12,15H2,1H3;4*1H/q4*+1;;;;/p-4. The summed E-state index contributed by atoms with van der Waals surface area (Å²) in [6.45, 7) is 14.0. The number of rotatable bonds is 56. The van der Waals surface area contributed by atoms with Crippen molar-refractivity contribution in [3.8, 4) is 0 Å². The van der Waals surface area contributed by atoms with Crippen LogP contribution in [0.15, 0.2) is 91.8 Å². The van der Waals surface area contributed by atoms with Gasteiger partial charge in [-0.3, -0.25) is 0 Å². The van der Waals surface area contributed by atoms with Crippen LogP contribution in [0.1, 0.15) is 362 Å². The second-order valence-corrected chi connectivity index (χ2v) is 26.3. The van der Waals surface area contributed by atoms with Crippen LogP contribution in [0.2, 0.25) is 0 Å². The van der Waals surface area contributed by atoms with Crippen LogP contribution >= 0.6 is 0 Å². The van der Waals surface area contributed by atoms with E-state index < -0.39 is 0 Å². The summed E-state index contributed by atoms with van der Waals surface area (Å²) in [4.78, 5) is 0. The number of hydrogen-bond acceptors (Lipinski definition) is 0. The lowest BCUT2D eigenvalue weighted by atomic mass is 10.0. The molecule has 3 aromatic heterocycles. The van der Waals surface area contributed by atoms with Gasteiger partial charge < -0.3 is 58.7 Å². The number of pyridine rings is 3. The van der Waals surface area contributed by atoms with Crippen LogP contribution in [0.5, 0.6) is 0 Å². The van der Waals surface area contributed by atoms with Gasteiger partial charge in [0.1, 0.15) is 19.6 Å². The highest BCUT2D eigenvalue weighted by Crippen LogP contribution is 2.17. The van der Waals surface area contributed by atoms with Gasteiger partial charge in [-0.2, -0.15) is 0 Å². The Labute approximate surface area is 569 Å². The molecule has 0 fully saturated rings. The van der Waals surface area contributed by atoms with Crippen molar-refractivity contribution in [3.63, 3.8) is 0 Å². The molecular weight excluding hydrogens is 1180 g/mol. The molecule has 0 saturated carbocycles.